The van der Waals surface area contributed by atoms with Crippen LogP contribution in [0.25, 0.3) is 11.0 Å². The second-order valence-electron chi connectivity index (χ2n) is 5.96. The lowest BCUT2D eigenvalue weighted by Gasteiger charge is -2.09. The van der Waals surface area contributed by atoms with Gasteiger partial charge >= 0.3 is 0 Å². The maximum atomic E-state index is 12.6. The van der Waals surface area contributed by atoms with Crippen molar-refractivity contribution < 1.29 is 4.42 Å². The van der Waals surface area contributed by atoms with Gasteiger partial charge in [0, 0.05) is 10.8 Å². The van der Waals surface area contributed by atoms with E-state index in [1.807, 2.05) is 30.3 Å². The fourth-order valence-electron chi connectivity index (χ4n) is 2.71. The Hall–Kier alpha value is -2.64. The molecule has 8 heteroatoms. The first-order valence-corrected chi connectivity index (χ1v) is 9.62. The van der Waals surface area contributed by atoms with E-state index in [-0.39, 0.29) is 12.1 Å². The molecule has 27 heavy (non-hydrogen) atoms. The molecular formula is C19H15ClN4O2S. The van der Waals surface area contributed by atoms with Crippen molar-refractivity contribution in [1.82, 2.24) is 19.7 Å². The van der Waals surface area contributed by atoms with Gasteiger partial charge in [-0.25, -0.2) is 4.98 Å². The summed E-state index contributed by atoms with van der Waals surface area (Å²) in [6.07, 6.45) is 0. The highest BCUT2D eigenvalue weighted by molar-refractivity contribution is 7.98. The number of halogens is 1. The Labute approximate surface area is 164 Å². The summed E-state index contributed by atoms with van der Waals surface area (Å²) in [5.41, 5.74) is 2.69. The molecular weight excluding hydrogens is 384 g/mol. The summed E-state index contributed by atoms with van der Waals surface area (Å²) in [6, 6.07) is 15.3. The fourth-order valence-corrected chi connectivity index (χ4v) is 3.62. The van der Waals surface area contributed by atoms with E-state index >= 15 is 0 Å². The number of nitrogens with zero attached hydrogens (tertiary/aromatic N) is 4. The Morgan fingerprint density at radius 3 is 2.78 bits per heavy atom. The highest BCUT2D eigenvalue weighted by Crippen LogP contribution is 2.22. The van der Waals surface area contributed by atoms with Gasteiger partial charge in [-0.05, 0) is 30.7 Å². The molecule has 0 aliphatic carbocycles. The molecule has 2 aromatic carbocycles. The van der Waals surface area contributed by atoms with Crippen LogP contribution in [0, 0.1) is 6.92 Å². The molecule has 2 aromatic heterocycles. The normalized spacial score (nSPS) is 11.2. The van der Waals surface area contributed by atoms with Gasteiger partial charge in [-0.1, -0.05) is 53.7 Å². The largest absolute Gasteiger partial charge is 0.414 e. The van der Waals surface area contributed by atoms with Crippen molar-refractivity contribution in [2.45, 2.75) is 24.4 Å². The molecule has 2 heterocycles. The van der Waals surface area contributed by atoms with Crippen LogP contribution in [0.15, 0.2) is 63.0 Å². The van der Waals surface area contributed by atoms with Crippen LogP contribution in [0.4, 0.5) is 0 Å². The van der Waals surface area contributed by atoms with Crippen molar-refractivity contribution in [1.29, 1.82) is 0 Å². The summed E-state index contributed by atoms with van der Waals surface area (Å²) in [6.45, 7) is 1.85. The van der Waals surface area contributed by atoms with Crippen molar-refractivity contribution in [3.05, 3.63) is 81.1 Å². The third-order valence-corrected chi connectivity index (χ3v) is 5.14. The number of thioether (sulfide) groups is 1. The standard InChI is InChI=1S/C19H15ClN4O2S/c1-12-18(25)24(16-9-14(20)7-8-15(16)21-12)10-17-22-23-19(26-17)27-11-13-5-3-2-4-6-13/h2-9H,10-11H2,1H3. The number of hydrogen-bond donors (Lipinski definition) is 0. The van der Waals surface area contributed by atoms with Crippen LogP contribution in [0.2, 0.25) is 5.02 Å². The van der Waals surface area contributed by atoms with Gasteiger partial charge in [0.2, 0.25) is 5.89 Å². The van der Waals surface area contributed by atoms with E-state index in [0.717, 1.165) is 5.75 Å². The van der Waals surface area contributed by atoms with Crippen LogP contribution < -0.4 is 5.56 Å². The Morgan fingerprint density at radius 1 is 1.15 bits per heavy atom. The van der Waals surface area contributed by atoms with E-state index < -0.39 is 0 Å². The lowest BCUT2D eigenvalue weighted by Crippen LogP contribution is -2.24. The van der Waals surface area contributed by atoms with E-state index in [1.54, 1.807) is 29.7 Å². The quantitative estimate of drug-likeness (QED) is 0.471. The summed E-state index contributed by atoms with van der Waals surface area (Å²) in [4.78, 5) is 16.9. The highest BCUT2D eigenvalue weighted by atomic mass is 35.5. The monoisotopic (exact) mass is 398 g/mol. The van der Waals surface area contributed by atoms with Crippen LogP contribution in [0.1, 0.15) is 17.1 Å². The number of aromatic nitrogens is 4. The second-order valence-corrected chi connectivity index (χ2v) is 7.32. The van der Waals surface area contributed by atoms with E-state index in [4.69, 9.17) is 16.0 Å². The molecule has 6 nitrogen and oxygen atoms in total. The molecule has 0 saturated carbocycles. The zero-order valence-electron chi connectivity index (χ0n) is 14.4. The molecule has 0 unspecified atom stereocenters. The molecule has 0 fully saturated rings. The van der Waals surface area contributed by atoms with Gasteiger partial charge in [0.15, 0.2) is 0 Å². The summed E-state index contributed by atoms with van der Waals surface area (Å²) in [5.74, 6) is 1.09. The fraction of sp³-hybridized carbons (Fsp3) is 0.158. The van der Waals surface area contributed by atoms with Crippen LogP contribution in [-0.2, 0) is 12.3 Å². The summed E-state index contributed by atoms with van der Waals surface area (Å²) in [7, 11) is 0. The molecule has 0 aliphatic heterocycles. The van der Waals surface area contributed by atoms with Gasteiger partial charge in [-0.2, -0.15) is 0 Å². The molecule has 0 bridgehead atoms. The average Bonchev–Trinajstić information content (AvgIpc) is 3.13. The van der Waals surface area contributed by atoms with Gasteiger partial charge in [0.1, 0.15) is 12.2 Å². The van der Waals surface area contributed by atoms with E-state index in [0.29, 0.717) is 32.9 Å². The topological polar surface area (TPSA) is 73.8 Å². The molecule has 0 spiro atoms. The average molecular weight is 399 g/mol. The molecule has 0 saturated heterocycles. The molecule has 0 radical (unpaired) electrons. The maximum absolute atomic E-state index is 12.6. The van der Waals surface area contributed by atoms with Crippen molar-refractivity contribution in [3.8, 4) is 0 Å². The second kappa shape index (κ2) is 7.54. The van der Waals surface area contributed by atoms with E-state index in [1.165, 1.54) is 17.3 Å². The highest BCUT2D eigenvalue weighted by Gasteiger charge is 2.13. The molecule has 0 atom stereocenters. The van der Waals surface area contributed by atoms with Gasteiger partial charge < -0.3 is 4.42 Å². The third kappa shape index (κ3) is 3.89. The minimum absolute atomic E-state index is 0.165. The molecule has 136 valence electrons. The van der Waals surface area contributed by atoms with E-state index in [2.05, 4.69) is 15.2 Å². The Balaban J connectivity index is 1.60. The zero-order valence-corrected chi connectivity index (χ0v) is 16.0. The Bertz CT molecular complexity index is 1160. The van der Waals surface area contributed by atoms with Crippen molar-refractivity contribution >= 4 is 34.4 Å². The Kier molecular flexibility index (Phi) is 4.96. The molecule has 0 N–H and O–H groups in total. The number of hydrogen-bond acceptors (Lipinski definition) is 6. The SMILES string of the molecule is Cc1nc2ccc(Cl)cc2n(Cc2nnc(SCc3ccccc3)o2)c1=O. The maximum Gasteiger partial charge on any atom is 0.276 e. The van der Waals surface area contributed by atoms with Crippen LogP contribution in [0.5, 0.6) is 0 Å². The lowest BCUT2D eigenvalue weighted by atomic mass is 10.2. The first-order valence-electron chi connectivity index (χ1n) is 8.26. The van der Waals surface area contributed by atoms with Crippen molar-refractivity contribution in [2.75, 3.05) is 0 Å². The van der Waals surface area contributed by atoms with Crippen LogP contribution in [-0.4, -0.2) is 19.7 Å². The first-order chi connectivity index (χ1) is 13.1. The summed E-state index contributed by atoms with van der Waals surface area (Å²) < 4.78 is 7.27. The van der Waals surface area contributed by atoms with Gasteiger partial charge in [-0.3, -0.25) is 9.36 Å². The lowest BCUT2D eigenvalue weighted by molar-refractivity contribution is 0.404. The smallest absolute Gasteiger partial charge is 0.276 e. The number of rotatable bonds is 5. The van der Waals surface area contributed by atoms with Crippen LogP contribution in [0.3, 0.4) is 0 Å². The van der Waals surface area contributed by atoms with Crippen molar-refractivity contribution in [3.63, 3.8) is 0 Å². The molecule has 0 amide bonds. The third-order valence-electron chi connectivity index (χ3n) is 4.02. The van der Waals surface area contributed by atoms with Gasteiger partial charge in [-0.15, -0.1) is 10.2 Å². The van der Waals surface area contributed by atoms with E-state index in [9.17, 15) is 4.79 Å². The van der Waals surface area contributed by atoms with Crippen molar-refractivity contribution in [2.24, 2.45) is 0 Å². The van der Waals surface area contributed by atoms with Gasteiger partial charge in [0.25, 0.3) is 10.8 Å². The van der Waals surface area contributed by atoms with Gasteiger partial charge in [0.05, 0.1) is 11.0 Å². The minimum Gasteiger partial charge on any atom is -0.414 e. The minimum atomic E-state index is -0.207. The Morgan fingerprint density at radius 2 is 1.96 bits per heavy atom. The summed E-state index contributed by atoms with van der Waals surface area (Å²) >= 11 is 7.55. The molecule has 4 rings (SSSR count). The number of aryl methyl sites for hydroxylation is 1. The number of fused-ring (bicyclic) bond motifs is 1. The van der Waals surface area contributed by atoms with Crippen LogP contribution >= 0.6 is 23.4 Å². The predicted octanol–water partition coefficient (Wildman–Crippen LogP) is 4.08. The molecule has 0 aliphatic rings. The zero-order chi connectivity index (χ0) is 18.8. The predicted molar refractivity (Wildman–Crippen MR) is 105 cm³/mol. The first kappa shape index (κ1) is 17.8. The number of benzene rings is 2. The molecule has 4 aromatic rings. The summed E-state index contributed by atoms with van der Waals surface area (Å²) in [5, 5.41) is 9.14.